The Labute approximate surface area is 113 Å². The summed E-state index contributed by atoms with van der Waals surface area (Å²) in [5.41, 5.74) is 6.33. The third-order valence-electron chi connectivity index (χ3n) is 2.94. The summed E-state index contributed by atoms with van der Waals surface area (Å²) in [5.74, 6) is 1.12. The maximum absolute atomic E-state index is 11.9. The Morgan fingerprint density at radius 1 is 1.50 bits per heavy atom. The molecule has 1 heterocycles. The normalized spacial score (nSPS) is 17.2. The Morgan fingerprint density at radius 3 is 2.72 bits per heavy atom. The number of rotatable bonds is 5. The first-order chi connectivity index (χ1) is 8.56. The number of nitrogens with two attached hydrogens (primary N) is 1. The standard InChI is InChI=1S/C12H15ClN2O2S/c13-11-3-9(12(14)16)1-2-10(11)7-18(17)6-8-4-15-5-8/h1-3,8,15H,4-7H2,(H2,14,16). The van der Waals surface area contributed by atoms with Gasteiger partial charge in [-0.25, -0.2) is 0 Å². The van der Waals surface area contributed by atoms with Gasteiger partial charge in [0, 0.05) is 40.2 Å². The second-order valence-electron chi connectivity index (χ2n) is 4.45. The maximum Gasteiger partial charge on any atom is 0.248 e. The first kappa shape index (κ1) is 13.5. The first-order valence-electron chi connectivity index (χ1n) is 5.70. The SMILES string of the molecule is NC(=O)c1ccc(CS(=O)CC2CNC2)c(Cl)c1. The van der Waals surface area contributed by atoms with E-state index in [9.17, 15) is 9.00 Å². The molecule has 1 aromatic rings. The topological polar surface area (TPSA) is 72.2 Å². The maximum atomic E-state index is 11.9. The molecule has 1 saturated heterocycles. The van der Waals surface area contributed by atoms with Gasteiger partial charge < -0.3 is 11.1 Å². The molecular weight excluding hydrogens is 272 g/mol. The minimum Gasteiger partial charge on any atom is -0.366 e. The molecular formula is C12H15ClN2O2S. The van der Waals surface area contributed by atoms with Gasteiger partial charge in [0.2, 0.25) is 5.91 Å². The summed E-state index contributed by atoms with van der Waals surface area (Å²) in [5, 5.41) is 3.60. The van der Waals surface area contributed by atoms with Crippen molar-refractivity contribution in [1.82, 2.24) is 5.32 Å². The predicted molar refractivity (Wildman–Crippen MR) is 73.0 cm³/mol. The Kier molecular flexibility index (Phi) is 4.37. The number of halogens is 1. The van der Waals surface area contributed by atoms with Crippen molar-refractivity contribution >= 4 is 28.3 Å². The Morgan fingerprint density at radius 2 is 2.22 bits per heavy atom. The average Bonchev–Trinajstić information content (AvgIpc) is 2.26. The lowest BCUT2D eigenvalue weighted by Gasteiger charge is -2.26. The third-order valence-corrected chi connectivity index (χ3v) is 4.77. The Balaban J connectivity index is 2.00. The van der Waals surface area contributed by atoms with Gasteiger partial charge in [0.1, 0.15) is 0 Å². The summed E-state index contributed by atoms with van der Waals surface area (Å²) in [6.45, 7) is 1.89. The molecule has 0 spiro atoms. The molecule has 98 valence electrons. The highest BCUT2D eigenvalue weighted by Crippen LogP contribution is 2.20. The molecule has 4 nitrogen and oxygen atoms in total. The summed E-state index contributed by atoms with van der Waals surface area (Å²) in [6, 6.07) is 4.87. The number of carbonyl (C=O) groups is 1. The summed E-state index contributed by atoms with van der Waals surface area (Å²) in [6.07, 6.45) is 0. The Bertz CT molecular complexity index is 489. The molecule has 0 radical (unpaired) electrons. The lowest BCUT2D eigenvalue weighted by Crippen LogP contribution is -2.44. The van der Waals surface area contributed by atoms with Crippen LogP contribution in [0.2, 0.25) is 5.02 Å². The van der Waals surface area contributed by atoms with Crippen LogP contribution in [0.4, 0.5) is 0 Å². The van der Waals surface area contributed by atoms with Gasteiger partial charge in [0.25, 0.3) is 0 Å². The largest absolute Gasteiger partial charge is 0.366 e. The lowest BCUT2D eigenvalue weighted by molar-refractivity contribution is 0.100. The van der Waals surface area contributed by atoms with Gasteiger partial charge >= 0.3 is 0 Å². The zero-order valence-electron chi connectivity index (χ0n) is 9.82. The molecule has 1 atom stereocenters. The summed E-state index contributed by atoms with van der Waals surface area (Å²) in [4.78, 5) is 11.0. The average molecular weight is 287 g/mol. The van der Waals surface area contributed by atoms with Crippen LogP contribution >= 0.6 is 11.6 Å². The molecule has 1 aliphatic rings. The smallest absolute Gasteiger partial charge is 0.248 e. The van der Waals surface area contributed by atoms with Gasteiger partial charge in [0.15, 0.2) is 0 Å². The second kappa shape index (κ2) is 5.82. The monoisotopic (exact) mass is 286 g/mol. The van der Waals surface area contributed by atoms with Crippen molar-refractivity contribution in [2.75, 3.05) is 18.8 Å². The molecule has 0 aliphatic carbocycles. The molecule has 1 unspecified atom stereocenters. The van der Waals surface area contributed by atoms with Crippen molar-refractivity contribution in [2.24, 2.45) is 11.7 Å². The van der Waals surface area contributed by atoms with Gasteiger partial charge in [-0.3, -0.25) is 9.00 Å². The van der Waals surface area contributed by atoms with Crippen LogP contribution in [-0.4, -0.2) is 29.0 Å². The number of hydrogen-bond acceptors (Lipinski definition) is 3. The fourth-order valence-electron chi connectivity index (χ4n) is 1.78. The van der Waals surface area contributed by atoms with Crippen LogP contribution in [0.5, 0.6) is 0 Å². The fourth-order valence-corrected chi connectivity index (χ4v) is 3.58. The zero-order chi connectivity index (χ0) is 13.1. The van der Waals surface area contributed by atoms with E-state index in [1.165, 1.54) is 6.07 Å². The number of nitrogens with one attached hydrogen (secondary N) is 1. The molecule has 1 fully saturated rings. The number of carbonyl (C=O) groups excluding carboxylic acids is 1. The van der Waals surface area contributed by atoms with Crippen LogP contribution in [0.3, 0.4) is 0 Å². The van der Waals surface area contributed by atoms with E-state index >= 15 is 0 Å². The molecule has 2 rings (SSSR count). The molecule has 3 N–H and O–H groups in total. The van der Waals surface area contributed by atoms with E-state index in [0.717, 1.165) is 18.7 Å². The van der Waals surface area contributed by atoms with Crippen LogP contribution in [0, 0.1) is 5.92 Å². The van der Waals surface area contributed by atoms with Gasteiger partial charge in [-0.2, -0.15) is 0 Å². The van der Waals surface area contributed by atoms with Crippen LogP contribution in [0.25, 0.3) is 0 Å². The van der Waals surface area contributed by atoms with Crippen LogP contribution in [-0.2, 0) is 16.6 Å². The van der Waals surface area contributed by atoms with Crippen molar-refractivity contribution in [3.63, 3.8) is 0 Å². The van der Waals surface area contributed by atoms with E-state index in [2.05, 4.69) is 5.32 Å². The quantitative estimate of drug-likeness (QED) is 0.845. The number of primary amides is 1. The lowest BCUT2D eigenvalue weighted by atomic mass is 10.1. The molecule has 0 saturated carbocycles. The van der Waals surface area contributed by atoms with Gasteiger partial charge in [-0.05, 0) is 23.6 Å². The first-order valence-corrected chi connectivity index (χ1v) is 7.57. The Hall–Kier alpha value is -0.910. The summed E-state index contributed by atoms with van der Waals surface area (Å²) >= 11 is 6.05. The molecule has 1 aromatic carbocycles. The van der Waals surface area contributed by atoms with Gasteiger partial charge in [0.05, 0.1) is 5.75 Å². The second-order valence-corrected chi connectivity index (χ2v) is 6.35. The van der Waals surface area contributed by atoms with E-state index < -0.39 is 16.7 Å². The van der Waals surface area contributed by atoms with Crippen LogP contribution in [0.1, 0.15) is 15.9 Å². The zero-order valence-corrected chi connectivity index (χ0v) is 11.4. The minimum absolute atomic E-state index is 0.373. The van der Waals surface area contributed by atoms with Gasteiger partial charge in [-0.15, -0.1) is 0 Å². The molecule has 6 heteroatoms. The van der Waals surface area contributed by atoms with Crippen molar-refractivity contribution < 1.29 is 9.00 Å². The van der Waals surface area contributed by atoms with Crippen LogP contribution < -0.4 is 11.1 Å². The van der Waals surface area contributed by atoms with E-state index in [0.29, 0.717) is 28.0 Å². The van der Waals surface area contributed by atoms with Crippen molar-refractivity contribution in [3.8, 4) is 0 Å². The number of amides is 1. The summed E-state index contributed by atoms with van der Waals surface area (Å²) < 4.78 is 11.9. The molecule has 18 heavy (non-hydrogen) atoms. The molecule has 1 aliphatic heterocycles. The van der Waals surface area contributed by atoms with Crippen molar-refractivity contribution in [3.05, 3.63) is 34.3 Å². The highest BCUT2D eigenvalue weighted by atomic mass is 35.5. The fraction of sp³-hybridized carbons (Fsp3) is 0.417. The number of hydrogen-bond donors (Lipinski definition) is 2. The highest BCUT2D eigenvalue weighted by molar-refractivity contribution is 7.84. The summed E-state index contributed by atoms with van der Waals surface area (Å²) in [7, 11) is -0.918. The number of benzene rings is 1. The van der Waals surface area contributed by atoms with E-state index in [1.807, 2.05) is 0 Å². The molecule has 0 aromatic heterocycles. The highest BCUT2D eigenvalue weighted by Gasteiger charge is 2.20. The third kappa shape index (κ3) is 3.31. The van der Waals surface area contributed by atoms with Crippen molar-refractivity contribution in [1.29, 1.82) is 0 Å². The molecule has 0 bridgehead atoms. The van der Waals surface area contributed by atoms with E-state index in [4.69, 9.17) is 17.3 Å². The predicted octanol–water partition coefficient (Wildman–Crippen LogP) is 0.907. The van der Waals surface area contributed by atoms with Crippen molar-refractivity contribution in [2.45, 2.75) is 5.75 Å². The van der Waals surface area contributed by atoms with E-state index in [1.54, 1.807) is 12.1 Å². The van der Waals surface area contributed by atoms with Gasteiger partial charge in [-0.1, -0.05) is 17.7 Å². The minimum atomic E-state index is -0.918. The molecule has 1 amide bonds. The van der Waals surface area contributed by atoms with E-state index in [-0.39, 0.29) is 0 Å². The van der Waals surface area contributed by atoms with Crippen LogP contribution in [0.15, 0.2) is 18.2 Å².